The Kier molecular flexibility index (Phi) is 7.67. The number of hydrogen-bond acceptors (Lipinski definition) is 0. The van der Waals surface area contributed by atoms with E-state index >= 15 is 0 Å². The SMILES string of the molecule is [Ru].c1ccc(CP(Cc2ccccc2)Cc2ccccc2)cc1. The number of hydrogen-bond donors (Lipinski definition) is 0. The minimum atomic E-state index is -0.0895. The third-order valence-corrected chi connectivity index (χ3v) is 6.18. The molecule has 3 aromatic carbocycles. The monoisotopic (exact) mass is 406 g/mol. The second-order valence-corrected chi connectivity index (χ2v) is 7.89. The van der Waals surface area contributed by atoms with Gasteiger partial charge in [0.1, 0.15) is 0 Å². The molecule has 3 aromatic rings. The molecule has 0 atom stereocenters. The molecule has 0 aliphatic carbocycles. The van der Waals surface area contributed by atoms with Crippen molar-refractivity contribution in [2.24, 2.45) is 0 Å². The topological polar surface area (TPSA) is 0 Å². The smallest absolute Gasteiger partial charge is 0 e. The van der Waals surface area contributed by atoms with Crippen LogP contribution < -0.4 is 0 Å². The largest absolute Gasteiger partial charge is 0.0932 e. The summed E-state index contributed by atoms with van der Waals surface area (Å²) in [7, 11) is -0.0895. The summed E-state index contributed by atoms with van der Waals surface area (Å²) in [5.41, 5.74) is 4.38. The Bertz CT molecular complexity index is 569. The third kappa shape index (κ3) is 6.02. The Balaban J connectivity index is 0.00000192. The average molecular weight is 405 g/mol. The van der Waals surface area contributed by atoms with Crippen LogP contribution in [0.1, 0.15) is 16.7 Å². The van der Waals surface area contributed by atoms with Crippen molar-refractivity contribution >= 4 is 7.92 Å². The van der Waals surface area contributed by atoms with E-state index < -0.39 is 0 Å². The molecule has 0 aliphatic heterocycles. The van der Waals surface area contributed by atoms with Gasteiger partial charge in [0.05, 0.1) is 0 Å². The van der Waals surface area contributed by atoms with Crippen LogP contribution in [0, 0.1) is 0 Å². The summed E-state index contributed by atoms with van der Waals surface area (Å²) in [6.45, 7) is 0. The first kappa shape index (κ1) is 18.1. The van der Waals surface area contributed by atoms with Crippen molar-refractivity contribution in [2.75, 3.05) is 0 Å². The molecular formula is C21H21PRu. The normalized spacial score (nSPS) is 10.3. The summed E-state index contributed by atoms with van der Waals surface area (Å²) in [5, 5.41) is 0. The fraction of sp³-hybridized carbons (Fsp3) is 0.143. The van der Waals surface area contributed by atoms with Crippen molar-refractivity contribution in [2.45, 2.75) is 18.5 Å². The molecule has 0 aliphatic rings. The van der Waals surface area contributed by atoms with Crippen molar-refractivity contribution in [3.63, 3.8) is 0 Å². The van der Waals surface area contributed by atoms with Crippen molar-refractivity contribution < 1.29 is 19.5 Å². The van der Waals surface area contributed by atoms with Gasteiger partial charge in [-0.2, -0.15) is 0 Å². The van der Waals surface area contributed by atoms with Gasteiger partial charge in [0.15, 0.2) is 0 Å². The Hall–Kier alpha value is -1.29. The molecule has 0 saturated heterocycles. The predicted octanol–water partition coefficient (Wildman–Crippen LogP) is 6.07. The van der Waals surface area contributed by atoms with E-state index in [1.54, 1.807) is 0 Å². The van der Waals surface area contributed by atoms with Gasteiger partial charge in [0.25, 0.3) is 0 Å². The van der Waals surface area contributed by atoms with Crippen LogP contribution in [0.25, 0.3) is 0 Å². The van der Waals surface area contributed by atoms with Gasteiger partial charge in [-0.3, -0.25) is 0 Å². The van der Waals surface area contributed by atoms with E-state index in [1.165, 1.54) is 35.2 Å². The van der Waals surface area contributed by atoms with Crippen LogP contribution in [0.5, 0.6) is 0 Å². The number of benzene rings is 3. The molecule has 0 aromatic heterocycles. The molecule has 0 heterocycles. The Labute approximate surface area is 153 Å². The number of rotatable bonds is 6. The van der Waals surface area contributed by atoms with Crippen molar-refractivity contribution in [3.05, 3.63) is 108 Å². The molecule has 118 valence electrons. The Morgan fingerprint density at radius 3 is 0.957 bits per heavy atom. The molecule has 0 bridgehead atoms. The zero-order valence-electron chi connectivity index (χ0n) is 13.1. The van der Waals surface area contributed by atoms with Crippen molar-refractivity contribution in [3.8, 4) is 0 Å². The fourth-order valence-electron chi connectivity index (χ4n) is 2.69. The molecule has 2 heteroatoms. The van der Waals surface area contributed by atoms with Gasteiger partial charge in [-0.1, -0.05) is 98.9 Å². The summed E-state index contributed by atoms with van der Waals surface area (Å²) in [5.74, 6) is 0. The zero-order valence-corrected chi connectivity index (χ0v) is 15.7. The molecule has 0 amide bonds. The minimum Gasteiger partial charge on any atom is -0.0932 e. The van der Waals surface area contributed by atoms with E-state index in [0.29, 0.717) is 0 Å². The molecule has 3 rings (SSSR count). The van der Waals surface area contributed by atoms with Crippen LogP contribution in [0.3, 0.4) is 0 Å². The molecule has 0 unspecified atom stereocenters. The molecule has 0 saturated carbocycles. The van der Waals surface area contributed by atoms with Gasteiger partial charge in [-0.05, 0) is 35.2 Å². The molecule has 0 N–H and O–H groups in total. The maximum Gasteiger partial charge on any atom is 0 e. The van der Waals surface area contributed by atoms with Gasteiger partial charge < -0.3 is 0 Å². The van der Waals surface area contributed by atoms with Crippen molar-refractivity contribution in [1.82, 2.24) is 0 Å². The van der Waals surface area contributed by atoms with Gasteiger partial charge in [0, 0.05) is 19.5 Å². The first-order valence-electron chi connectivity index (χ1n) is 7.74. The summed E-state index contributed by atoms with van der Waals surface area (Å²) in [6, 6.07) is 32.7. The predicted molar refractivity (Wildman–Crippen MR) is 97.4 cm³/mol. The molecule has 0 fully saturated rings. The molecule has 23 heavy (non-hydrogen) atoms. The maximum absolute atomic E-state index is 2.26. The van der Waals surface area contributed by atoms with Crippen LogP contribution in [-0.4, -0.2) is 0 Å². The third-order valence-electron chi connectivity index (χ3n) is 3.75. The fourth-order valence-corrected chi connectivity index (χ4v) is 5.21. The van der Waals surface area contributed by atoms with E-state index in [2.05, 4.69) is 91.0 Å². The quantitative estimate of drug-likeness (QED) is 0.345. The second-order valence-electron chi connectivity index (χ2n) is 5.60. The van der Waals surface area contributed by atoms with Crippen molar-refractivity contribution in [1.29, 1.82) is 0 Å². The molecule has 0 spiro atoms. The van der Waals surface area contributed by atoms with Gasteiger partial charge in [0.2, 0.25) is 0 Å². The average Bonchev–Trinajstić information content (AvgIpc) is 2.57. The Morgan fingerprint density at radius 2 is 0.696 bits per heavy atom. The summed E-state index contributed by atoms with van der Waals surface area (Å²) in [4.78, 5) is 0. The first-order valence-corrected chi connectivity index (χ1v) is 9.64. The van der Waals surface area contributed by atoms with Gasteiger partial charge >= 0.3 is 0 Å². The first-order chi connectivity index (χ1) is 10.9. The van der Waals surface area contributed by atoms with Gasteiger partial charge in [-0.15, -0.1) is 0 Å². The standard InChI is InChI=1S/C21H21P.Ru/c1-4-10-19(11-5-1)16-22(17-20-12-6-2-7-13-20)18-21-14-8-3-9-15-21;/h1-15H,16-18H2;. The Morgan fingerprint density at radius 1 is 0.435 bits per heavy atom. The van der Waals surface area contributed by atoms with E-state index in [-0.39, 0.29) is 27.4 Å². The van der Waals surface area contributed by atoms with Crippen LogP contribution in [0.4, 0.5) is 0 Å². The van der Waals surface area contributed by atoms with Crippen LogP contribution in [-0.2, 0) is 38.0 Å². The van der Waals surface area contributed by atoms with E-state index in [1.807, 2.05) is 0 Å². The maximum atomic E-state index is 2.26. The summed E-state index contributed by atoms with van der Waals surface area (Å²) < 4.78 is 0. The molecule has 0 radical (unpaired) electrons. The van der Waals surface area contributed by atoms with Crippen LogP contribution in [0.2, 0.25) is 0 Å². The summed E-state index contributed by atoms with van der Waals surface area (Å²) >= 11 is 0. The molecule has 0 nitrogen and oxygen atoms in total. The van der Waals surface area contributed by atoms with Gasteiger partial charge in [-0.25, -0.2) is 0 Å². The van der Waals surface area contributed by atoms with E-state index in [9.17, 15) is 0 Å². The molecular weight excluding hydrogens is 384 g/mol. The van der Waals surface area contributed by atoms with Crippen LogP contribution in [0.15, 0.2) is 91.0 Å². The zero-order chi connectivity index (χ0) is 15.0. The van der Waals surface area contributed by atoms with E-state index in [4.69, 9.17) is 0 Å². The van der Waals surface area contributed by atoms with Crippen LogP contribution >= 0.6 is 7.92 Å². The second kappa shape index (κ2) is 9.76. The summed E-state index contributed by atoms with van der Waals surface area (Å²) in [6.07, 6.45) is 3.58. The van der Waals surface area contributed by atoms with E-state index in [0.717, 1.165) is 0 Å². The minimum absolute atomic E-state index is 0.